The van der Waals surface area contributed by atoms with Gasteiger partial charge in [-0.25, -0.2) is 0 Å². The molecule has 0 atom stereocenters. The summed E-state index contributed by atoms with van der Waals surface area (Å²) < 4.78 is 1.80. The predicted molar refractivity (Wildman–Crippen MR) is 60.5 cm³/mol. The summed E-state index contributed by atoms with van der Waals surface area (Å²) in [6, 6.07) is 0. The minimum Gasteiger partial charge on any atom is -0.389 e. The molecule has 1 aromatic heterocycles. The van der Waals surface area contributed by atoms with Crippen molar-refractivity contribution in [2.45, 2.75) is 32.9 Å². The number of nitrogens with zero attached hydrogens (tertiary/aromatic N) is 3. The van der Waals surface area contributed by atoms with Gasteiger partial charge in [0, 0.05) is 31.9 Å². The van der Waals surface area contributed by atoms with E-state index in [0.717, 1.165) is 13.1 Å². The molecule has 0 fully saturated rings. The fourth-order valence-electron chi connectivity index (χ4n) is 1.64. The van der Waals surface area contributed by atoms with Crippen molar-refractivity contribution in [2.24, 2.45) is 7.05 Å². The molecule has 0 bridgehead atoms. The van der Waals surface area contributed by atoms with Crippen molar-refractivity contribution in [2.75, 3.05) is 13.1 Å². The molecule has 0 spiro atoms. The monoisotopic (exact) mass is 211 g/mol. The van der Waals surface area contributed by atoms with Gasteiger partial charge >= 0.3 is 0 Å². The lowest BCUT2D eigenvalue weighted by atomic mass is 10.1. The first-order valence-corrected chi connectivity index (χ1v) is 5.33. The lowest BCUT2D eigenvalue weighted by Crippen LogP contribution is -2.38. The summed E-state index contributed by atoms with van der Waals surface area (Å²) in [7, 11) is 1.91. The number of hydrogen-bond donors (Lipinski definition) is 1. The Bertz CT molecular complexity index is 301. The summed E-state index contributed by atoms with van der Waals surface area (Å²) in [5, 5.41) is 13.9. The lowest BCUT2D eigenvalue weighted by molar-refractivity contribution is 0.0353. The van der Waals surface area contributed by atoms with Gasteiger partial charge in [0.05, 0.1) is 11.8 Å². The minimum absolute atomic E-state index is 0.641. The highest BCUT2D eigenvalue weighted by molar-refractivity contribution is 5.03. The number of aromatic nitrogens is 2. The van der Waals surface area contributed by atoms with E-state index in [1.165, 1.54) is 5.56 Å². The van der Waals surface area contributed by atoms with E-state index in [1.54, 1.807) is 4.68 Å². The Labute approximate surface area is 91.5 Å². The van der Waals surface area contributed by atoms with Crippen molar-refractivity contribution in [3.63, 3.8) is 0 Å². The Morgan fingerprint density at radius 3 is 2.60 bits per heavy atom. The molecule has 1 aromatic rings. The molecule has 15 heavy (non-hydrogen) atoms. The van der Waals surface area contributed by atoms with Crippen LogP contribution in [0.2, 0.25) is 0 Å². The SMILES string of the molecule is CCN(Cc1cnn(C)c1)CC(C)(C)O. The molecule has 1 N–H and O–H groups in total. The Morgan fingerprint density at radius 1 is 1.53 bits per heavy atom. The first kappa shape index (κ1) is 12.2. The number of aliphatic hydroxyl groups is 1. The fraction of sp³-hybridized carbons (Fsp3) is 0.727. The molecule has 1 rings (SSSR count). The van der Waals surface area contributed by atoms with Crippen molar-refractivity contribution >= 4 is 0 Å². The van der Waals surface area contributed by atoms with Crippen LogP contribution >= 0.6 is 0 Å². The number of likely N-dealkylation sites (N-methyl/N-ethyl adjacent to an activating group) is 1. The molecule has 4 nitrogen and oxygen atoms in total. The molecule has 0 aliphatic rings. The molecule has 0 unspecified atom stereocenters. The van der Waals surface area contributed by atoms with Gasteiger partial charge in [-0.2, -0.15) is 5.10 Å². The second kappa shape index (κ2) is 4.77. The van der Waals surface area contributed by atoms with Gasteiger partial charge in [0.2, 0.25) is 0 Å². The smallest absolute Gasteiger partial charge is 0.0718 e. The van der Waals surface area contributed by atoms with E-state index < -0.39 is 5.60 Å². The van der Waals surface area contributed by atoms with Gasteiger partial charge in [0.15, 0.2) is 0 Å². The van der Waals surface area contributed by atoms with E-state index in [2.05, 4.69) is 16.9 Å². The van der Waals surface area contributed by atoms with Crippen molar-refractivity contribution in [1.29, 1.82) is 0 Å². The van der Waals surface area contributed by atoms with Gasteiger partial charge in [-0.3, -0.25) is 9.58 Å². The average Bonchev–Trinajstić information content (AvgIpc) is 2.47. The maximum Gasteiger partial charge on any atom is 0.0718 e. The molecule has 0 aliphatic heterocycles. The van der Waals surface area contributed by atoms with Crippen LogP contribution in [-0.4, -0.2) is 38.5 Å². The van der Waals surface area contributed by atoms with Crippen LogP contribution in [0.4, 0.5) is 0 Å². The van der Waals surface area contributed by atoms with E-state index in [9.17, 15) is 5.11 Å². The van der Waals surface area contributed by atoms with Gasteiger partial charge in [-0.1, -0.05) is 6.92 Å². The number of hydrogen-bond acceptors (Lipinski definition) is 3. The van der Waals surface area contributed by atoms with Crippen LogP contribution in [0, 0.1) is 0 Å². The van der Waals surface area contributed by atoms with Gasteiger partial charge < -0.3 is 5.11 Å². The van der Waals surface area contributed by atoms with E-state index >= 15 is 0 Å². The standard InChI is InChI=1S/C11H21N3O/c1-5-14(9-11(2,3)15)8-10-6-12-13(4)7-10/h6-7,15H,5,8-9H2,1-4H3. The Balaban J connectivity index is 2.54. The lowest BCUT2D eigenvalue weighted by Gasteiger charge is -2.27. The van der Waals surface area contributed by atoms with Crippen LogP contribution in [0.5, 0.6) is 0 Å². The first-order chi connectivity index (χ1) is 6.90. The number of aryl methyl sites for hydroxylation is 1. The number of rotatable bonds is 5. The van der Waals surface area contributed by atoms with Crippen molar-refractivity contribution in [3.8, 4) is 0 Å². The zero-order valence-electron chi connectivity index (χ0n) is 10.1. The van der Waals surface area contributed by atoms with E-state index in [1.807, 2.05) is 33.3 Å². The maximum atomic E-state index is 9.74. The van der Waals surface area contributed by atoms with Gasteiger partial charge in [-0.15, -0.1) is 0 Å². The molecule has 4 heteroatoms. The molecule has 0 aromatic carbocycles. The highest BCUT2D eigenvalue weighted by atomic mass is 16.3. The predicted octanol–water partition coefficient (Wildman–Crippen LogP) is 1.01. The summed E-state index contributed by atoms with van der Waals surface area (Å²) >= 11 is 0. The van der Waals surface area contributed by atoms with Gasteiger partial charge in [0.25, 0.3) is 0 Å². The zero-order valence-corrected chi connectivity index (χ0v) is 10.1. The summed E-state index contributed by atoms with van der Waals surface area (Å²) in [6.07, 6.45) is 3.88. The molecule has 0 radical (unpaired) electrons. The van der Waals surface area contributed by atoms with Crippen LogP contribution in [0.3, 0.4) is 0 Å². The van der Waals surface area contributed by atoms with Crippen LogP contribution in [-0.2, 0) is 13.6 Å². The van der Waals surface area contributed by atoms with Crippen molar-refractivity contribution in [3.05, 3.63) is 18.0 Å². The third-order valence-electron chi connectivity index (χ3n) is 2.22. The minimum atomic E-state index is -0.641. The molecule has 86 valence electrons. The molecule has 0 saturated heterocycles. The average molecular weight is 211 g/mol. The van der Waals surface area contributed by atoms with Crippen LogP contribution < -0.4 is 0 Å². The highest BCUT2D eigenvalue weighted by Crippen LogP contribution is 2.08. The summed E-state index contributed by atoms with van der Waals surface area (Å²) in [5.41, 5.74) is 0.543. The quantitative estimate of drug-likeness (QED) is 0.790. The van der Waals surface area contributed by atoms with Crippen molar-refractivity contribution < 1.29 is 5.11 Å². The third kappa shape index (κ3) is 4.44. The molecular formula is C11H21N3O. The molecule has 0 amide bonds. The van der Waals surface area contributed by atoms with Crippen LogP contribution in [0.1, 0.15) is 26.3 Å². The highest BCUT2D eigenvalue weighted by Gasteiger charge is 2.17. The van der Waals surface area contributed by atoms with Gasteiger partial charge in [-0.05, 0) is 20.4 Å². The summed E-state index contributed by atoms with van der Waals surface area (Å²) in [5.74, 6) is 0. The largest absolute Gasteiger partial charge is 0.389 e. The van der Waals surface area contributed by atoms with E-state index in [-0.39, 0.29) is 0 Å². The Kier molecular flexibility index (Phi) is 3.88. The first-order valence-electron chi connectivity index (χ1n) is 5.33. The Morgan fingerprint density at radius 2 is 2.20 bits per heavy atom. The van der Waals surface area contributed by atoms with Crippen LogP contribution in [0.15, 0.2) is 12.4 Å². The second-order valence-electron chi connectivity index (χ2n) is 4.64. The topological polar surface area (TPSA) is 41.3 Å². The van der Waals surface area contributed by atoms with E-state index in [4.69, 9.17) is 0 Å². The maximum absolute atomic E-state index is 9.74. The summed E-state index contributed by atoms with van der Waals surface area (Å²) in [4.78, 5) is 2.21. The molecule has 0 saturated carbocycles. The van der Waals surface area contributed by atoms with E-state index in [0.29, 0.717) is 6.54 Å². The Hall–Kier alpha value is -0.870. The van der Waals surface area contributed by atoms with Crippen LogP contribution in [0.25, 0.3) is 0 Å². The summed E-state index contributed by atoms with van der Waals surface area (Å²) in [6.45, 7) is 8.21. The molecule has 1 heterocycles. The fourth-order valence-corrected chi connectivity index (χ4v) is 1.64. The molecular weight excluding hydrogens is 190 g/mol. The normalized spacial score (nSPS) is 12.4. The zero-order chi connectivity index (χ0) is 11.5. The molecule has 0 aliphatic carbocycles. The van der Waals surface area contributed by atoms with Crippen molar-refractivity contribution in [1.82, 2.24) is 14.7 Å². The second-order valence-corrected chi connectivity index (χ2v) is 4.64. The third-order valence-corrected chi connectivity index (χ3v) is 2.22. The van der Waals surface area contributed by atoms with Gasteiger partial charge in [0.1, 0.15) is 0 Å².